The molecule has 104 valence electrons. The molecule has 1 rings (SSSR count). The smallest absolute Gasteiger partial charge is 0.410 e. The lowest BCUT2D eigenvalue weighted by molar-refractivity contribution is -0.144. The van der Waals surface area contributed by atoms with Crippen LogP contribution in [0.25, 0.3) is 0 Å². The molecule has 0 radical (unpaired) electrons. The fourth-order valence-electron chi connectivity index (χ4n) is 1.83. The molecule has 6 nitrogen and oxygen atoms in total. The van der Waals surface area contributed by atoms with Crippen molar-refractivity contribution in [3.8, 4) is 0 Å². The molecular formula is C12H22N2O4. The number of nitrogens with zero attached hydrogens (tertiary/aromatic N) is 1. The molecule has 1 aliphatic rings. The van der Waals surface area contributed by atoms with E-state index in [0.29, 0.717) is 6.54 Å². The molecule has 0 spiro atoms. The van der Waals surface area contributed by atoms with Crippen molar-refractivity contribution < 1.29 is 19.1 Å². The van der Waals surface area contributed by atoms with Crippen LogP contribution in [0.5, 0.6) is 0 Å². The van der Waals surface area contributed by atoms with Crippen LogP contribution >= 0.6 is 0 Å². The number of amides is 1. The number of carbonyl (C=O) groups excluding carboxylic acids is 2. The van der Waals surface area contributed by atoms with Crippen LogP contribution in [0.15, 0.2) is 0 Å². The van der Waals surface area contributed by atoms with Gasteiger partial charge in [-0.1, -0.05) is 0 Å². The molecule has 0 unspecified atom stereocenters. The van der Waals surface area contributed by atoms with Gasteiger partial charge in [-0.05, 0) is 27.7 Å². The Hall–Kier alpha value is -1.30. The summed E-state index contributed by atoms with van der Waals surface area (Å²) >= 11 is 0. The van der Waals surface area contributed by atoms with Crippen molar-refractivity contribution in [2.75, 3.05) is 20.2 Å². The van der Waals surface area contributed by atoms with Crippen molar-refractivity contribution in [3.05, 3.63) is 0 Å². The number of methoxy groups -OCH3 is 1. The quantitative estimate of drug-likeness (QED) is 0.703. The molecule has 6 heteroatoms. The van der Waals surface area contributed by atoms with Gasteiger partial charge in [0.05, 0.1) is 13.7 Å². The highest BCUT2D eigenvalue weighted by Gasteiger charge is 2.33. The number of esters is 1. The molecule has 0 aromatic rings. The van der Waals surface area contributed by atoms with E-state index in [2.05, 4.69) is 10.1 Å². The molecule has 1 amide bonds. The maximum Gasteiger partial charge on any atom is 0.410 e. The summed E-state index contributed by atoms with van der Waals surface area (Å²) in [5.74, 6) is -0.366. The van der Waals surface area contributed by atoms with Gasteiger partial charge in [0.25, 0.3) is 0 Å². The summed E-state index contributed by atoms with van der Waals surface area (Å²) in [6.45, 7) is 8.14. The van der Waals surface area contributed by atoms with Gasteiger partial charge in [0, 0.05) is 12.6 Å². The Labute approximate surface area is 108 Å². The summed E-state index contributed by atoms with van der Waals surface area (Å²) in [7, 11) is 1.33. The minimum Gasteiger partial charge on any atom is -0.468 e. The lowest BCUT2D eigenvalue weighted by Crippen LogP contribution is -2.60. The van der Waals surface area contributed by atoms with Gasteiger partial charge in [-0.2, -0.15) is 0 Å². The van der Waals surface area contributed by atoms with Crippen LogP contribution in [-0.4, -0.2) is 54.8 Å². The zero-order valence-electron chi connectivity index (χ0n) is 11.6. The molecule has 0 saturated carbocycles. The third-order valence-electron chi connectivity index (χ3n) is 2.52. The van der Waals surface area contributed by atoms with Gasteiger partial charge in [-0.15, -0.1) is 0 Å². The number of hydrogen-bond donors (Lipinski definition) is 1. The van der Waals surface area contributed by atoms with Crippen LogP contribution in [0.1, 0.15) is 27.7 Å². The van der Waals surface area contributed by atoms with Crippen LogP contribution in [0.4, 0.5) is 4.79 Å². The Morgan fingerprint density at radius 2 is 1.89 bits per heavy atom. The number of nitrogens with one attached hydrogen (secondary N) is 1. The second-order valence-corrected chi connectivity index (χ2v) is 5.53. The average molecular weight is 258 g/mol. The number of carbonyl (C=O) groups is 2. The van der Waals surface area contributed by atoms with Gasteiger partial charge >= 0.3 is 12.1 Å². The monoisotopic (exact) mass is 258 g/mol. The summed E-state index contributed by atoms with van der Waals surface area (Å²) in [5, 5.41) is 3.09. The van der Waals surface area contributed by atoms with Gasteiger partial charge in [0.1, 0.15) is 11.6 Å². The molecule has 0 aromatic carbocycles. The molecule has 18 heavy (non-hydrogen) atoms. The van der Waals surface area contributed by atoms with Crippen LogP contribution in [0.3, 0.4) is 0 Å². The standard InChI is InChI=1S/C12H22N2O4/c1-8-6-14(11(16)18-12(2,3)4)7-9(13-8)10(15)17-5/h8-9,13H,6-7H2,1-5H3/t8-,9-/m0/s1. The first-order valence-electron chi connectivity index (χ1n) is 6.04. The summed E-state index contributed by atoms with van der Waals surface area (Å²) in [5.41, 5.74) is -0.536. The van der Waals surface area contributed by atoms with E-state index in [4.69, 9.17) is 4.74 Å². The maximum absolute atomic E-state index is 11.9. The predicted molar refractivity (Wildman–Crippen MR) is 66.2 cm³/mol. The lowest BCUT2D eigenvalue weighted by Gasteiger charge is -2.36. The van der Waals surface area contributed by atoms with E-state index in [9.17, 15) is 9.59 Å². The highest BCUT2D eigenvalue weighted by atomic mass is 16.6. The van der Waals surface area contributed by atoms with E-state index < -0.39 is 17.7 Å². The minimum atomic E-state index is -0.536. The highest BCUT2D eigenvalue weighted by molar-refractivity contribution is 5.77. The first-order valence-corrected chi connectivity index (χ1v) is 6.04. The summed E-state index contributed by atoms with van der Waals surface area (Å²) in [6.07, 6.45) is -0.398. The van der Waals surface area contributed by atoms with Crippen LogP contribution < -0.4 is 5.32 Å². The zero-order valence-corrected chi connectivity index (χ0v) is 11.6. The Balaban J connectivity index is 2.66. The highest BCUT2D eigenvalue weighted by Crippen LogP contribution is 2.13. The number of piperazine rings is 1. The first kappa shape index (κ1) is 14.8. The van der Waals surface area contributed by atoms with E-state index >= 15 is 0 Å². The normalized spacial score (nSPS) is 24.6. The number of ether oxygens (including phenoxy) is 2. The molecule has 1 N–H and O–H groups in total. The molecular weight excluding hydrogens is 236 g/mol. The van der Waals surface area contributed by atoms with Gasteiger partial charge in [-0.3, -0.25) is 10.1 Å². The summed E-state index contributed by atoms with van der Waals surface area (Å²) in [4.78, 5) is 25.0. The van der Waals surface area contributed by atoms with Gasteiger partial charge < -0.3 is 14.4 Å². The predicted octanol–water partition coefficient (Wildman–Crippen LogP) is 0.757. The SMILES string of the molecule is COC(=O)[C@@H]1CN(C(=O)OC(C)(C)C)C[C@H](C)N1. The Morgan fingerprint density at radius 1 is 1.28 bits per heavy atom. The Morgan fingerprint density at radius 3 is 2.39 bits per heavy atom. The molecule has 0 bridgehead atoms. The van der Waals surface area contributed by atoms with Crippen LogP contribution in [0, 0.1) is 0 Å². The van der Waals surface area contributed by atoms with Crippen molar-refractivity contribution in [2.24, 2.45) is 0 Å². The zero-order chi connectivity index (χ0) is 13.9. The largest absolute Gasteiger partial charge is 0.468 e. The molecule has 1 aliphatic heterocycles. The van der Waals surface area contributed by atoms with Crippen molar-refractivity contribution >= 4 is 12.1 Å². The maximum atomic E-state index is 11.9. The summed E-state index contributed by atoms with van der Waals surface area (Å²) in [6, 6.07) is -0.471. The molecule has 2 atom stereocenters. The third kappa shape index (κ3) is 4.18. The Bertz CT molecular complexity index is 325. The van der Waals surface area contributed by atoms with E-state index in [1.54, 1.807) is 0 Å². The minimum absolute atomic E-state index is 0.0235. The van der Waals surface area contributed by atoms with Crippen molar-refractivity contribution in [1.82, 2.24) is 10.2 Å². The van der Waals surface area contributed by atoms with E-state index in [1.807, 2.05) is 27.7 Å². The molecule has 1 saturated heterocycles. The van der Waals surface area contributed by atoms with E-state index in [1.165, 1.54) is 12.0 Å². The lowest BCUT2D eigenvalue weighted by atomic mass is 10.1. The topological polar surface area (TPSA) is 67.9 Å². The van der Waals surface area contributed by atoms with Crippen LogP contribution in [-0.2, 0) is 14.3 Å². The third-order valence-corrected chi connectivity index (χ3v) is 2.52. The molecule has 1 fully saturated rings. The van der Waals surface area contributed by atoms with E-state index in [-0.39, 0.29) is 18.6 Å². The number of hydrogen-bond acceptors (Lipinski definition) is 5. The fourth-order valence-corrected chi connectivity index (χ4v) is 1.83. The van der Waals surface area contributed by atoms with Gasteiger partial charge in [0.15, 0.2) is 0 Å². The van der Waals surface area contributed by atoms with Crippen LogP contribution in [0.2, 0.25) is 0 Å². The molecule has 0 aliphatic carbocycles. The molecule has 1 heterocycles. The van der Waals surface area contributed by atoms with Crippen molar-refractivity contribution in [3.63, 3.8) is 0 Å². The Kier molecular flexibility index (Phi) is 4.56. The van der Waals surface area contributed by atoms with Crippen molar-refractivity contribution in [2.45, 2.75) is 45.4 Å². The second kappa shape index (κ2) is 5.56. The fraction of sp³-hybridized carbons (Fsp3) is 0.833. The van der Waals surface area contributed by atoms with Gasteiger partial charge in [-0.25, -0.2) is 4.79 Å². The average Bonchev–Trinajstić information content (AvgIpc) is 2.24. The van der Waals surface area contributed by atoms with Gasteiger partial charge in [0.2, 0.25) is 0 Å². The summed E-state index contributed by atoms with van der Waals surface area (Å²) < 4.78 is 9.98. The van der Waals surface area contributed by atoms with E-state index in [0.717, 1.165) is 0 Å². The second-order valence-electron chi connectivity index (χ2n) is 5.53. The first-order chi connectivity index (χ1) is 8.23. The van der Waals surface area contributed by atoms with Crippen molar-refractivity contribution in [1.29, 1.82) is 0 Å². The molecule has 0 aromatic heterocycles. The number of rotatable bonds is 1.